The van der Waals surface area contributed by atoms with Crippen LogP contribution in [-0.4, -0.2) is 56.1 Å². The molecule has 0 aliphatic carbocycles. The molecule has 2 heterocycles. The van der Waals surface area contributed by atoms with Crippen molar-refractivity contribution in [3.63, 3.8) is 0 Å². The molecule has 20 heavy (non-hydrogen) atoms. The van der Waals surface area contributed by atoms with Crippen molar-refractivity contribution in [2.75, 3.05) is 46.1 Å². The van der Waals surface area contributed by atoms with Gasteiger partial charge in [0.05, 0.1) is 19.8 Å². The van der Waals surface area contributed by atoms with E-state index in [2.05, 4.69) is 4.90 Å². The number of likely N-dealkylation sites (tertiary alicyclic amines) is 1. The molecule has 2 fully saturated rings. The molecule has 5 heteroatoms. The minimum Gasteiger partial charge on any atom is -0.492 e. The molecule has 2 saturated heterocycles. The summed E-state index contributed by atoms with van der Waals surface area (Å²) in [5.74, 6) is 0.860. The largest absolute Gasteiger partial charge is 0.492 e. The lowest BCUT2D eigenvalue weighted by molar-refractivity contribution is 0.0789. The number of aliphatic hydroxyl groups is 1. The third-order valence-corrected chi connectivity index (χ3v) is 4.40. The highest BCUT2D eigenvalue weighted by Gasteiger charge is 2.49. The normalized spacial score (nSPS) is 29.6. The van der Waals surface area contributed by atoms with Crippen LogP contribution in [0.3, 0.4) is 0 Å². The Balaban J connectivity index is 1.47. The van der Waals surface area contributed by atoms with Crippen molar-refractivity contribution < 1.29 is 19.0 Å². The Labute approximate surface area is 118 Å². The van der Waals surface area contributed by atoms with Crippen LogP contribution in [0, 0.1) is 17.2 Å². The standard InChI is InChI=1S/C15H20FNO3/c16-13-1-3-14(4-2-13)20-6-5-17-7-12-8-19-11-15(12,9-17)10-18/h1-4,12,18H,5-11H2/t12-,15-/m0/s1. The van der Waals surface area contributed by atoms with Gasteiger partial charge < -0.3 is 14.6 Å². The zero-order valence-electron chi connectivity index (χ0n) is 11.4. The SMILES string of the molecule is OC[C@@]12COC[C@@H]1CN(CCOc1ccc(F)cc1)C2. The van der Waals surface area contributed by atoms with E-state index in [0.717, 1.165) is 26.2 Å². The summed E-state index contributed by atoms with van der Waals surface area (Å²) in [4.78, 5) is 2.31. The first-order valence-electron chi connectivity index (χ1n) is 7.01. The number of ether oxygens (including phenoxy) is 2. The highest BCUT2D eigenvalue weighted by molar-refractivity contribution is 5.22. The number of aliphatic hydroxyl groups excluding tert-OH is 1. The lowest BCUT2D eigenvalue weighted by atomic mass is 9.82. The van der Waals surface area contributed by atoms with E-state index in [-0.39, 0.29) is 17.8 Å². The lowest BCUT2D eigenvalue weighted by Gasteiger charge is -2.24. The van der Waals surface area contributed by atoms with Crippen molar-refractivity contribution in [1.82, 2.24) is 4.90 Å². The summed E-state index contributed by atoms with van der Waals surface area (Å²) in [5.41, 5.74) is -0.0735. The summed E-state index contributed by atoms with van der Waals surface area (Å²) >= 11 is 0. The van der Waals surface area contributed by atoms with E-state index in [9.17, 15) is 9.50 Å². The lowest BCUT2D eigenvalue weighted by Crippen LogP contribution is -2.35. The second-order valence-corrected chi connectivity index (χ2v) is 5.77. The number of rotatable bonds is 5. The molecule has 2 aliphatic rings. The van der Waals surface area contributed by atoms with E-state index in [1.165, 1.54) is 12.1 Å². The summed E-state index contributed by atoms with van der Waals surface area (Å²) in [7, 11) is 0. The molecule has 0 unspecified atom stereocenters. The molecule has 0 amide bonds. The molecule has 0 spiro atoms. The van der Waals surface area contributed by atoms with Crippen molar-refractivity contribution in [1.29, 1.82) is 0 Å². The van der Waals surface area contributed by atoms with Crippen LogP contribution < -0.4 is 4.74 Å². The fourth-order valence-electron chi connectivity index (χ4n) is 3.16. The molecule has 0 radical (unpaired) electrons. The topological polar surface area (TPSA) is 41.9 Å². The first kappa shape index (κ1) is 13.8. The zero-order chi connectivity index (χ0) is 14.0. The van der Waals surface area contributed by atoms with Gasteiger partial charge in [-0.05, 0) is 24.3 Å². The van der Waals surface area contributed by atoms with E-state index in [1.54, 1.807) is 12.1 Å². The van der Waals surface area contributed by atoms with Gasteiger partial charge in [-0.2, -0.15) is 0 Å². The monoisotopic (exact) mass is 281 g/mol. The van der Waals surface area contributed by atoms with Gasteiger partial charge in [0.1, 0.15) is 18.2 Å². The van der Waals surface area contributed by atoms with Gasteiger partial charge in [0.25, 0.3) is 0 Å². The minimum absolute atomic E-state index is 0.0735. The molecule has 2 atom stereocenters. The molecular weight excluding hydrogens is 261 g/mol. The first-order chi connectivity index (χ1) is 9.72. The van der Waals surface area contributed by atoms with Gasteiger partial charge in [0.2, 0.25) is 0 Å². The second kappa shape index (κ2) is 5.68. The number of hydrogen-bond donors (Lipinski definition) is 1. The quantitative estimate of drug-likeness (QED) is 0.879. The molecular formula is C15H20FNO3. The van der Waals surface area contributed by atoms with Gasteiger partial charge in [0, 0.05) is 31.0 Å². The summed E-state index contributed by atoms with van der Waals surface area (Å²) in [6.07, 6.45) is 0. The first-order valence-corrected chi connectivity index (χ1v) is 7.01. The Hall–Kier alpha value is -1.17. The fourth-order valence-corrected chi connectivity index (χ4v) is 3.16. The third-order valence-electron chi connectivity index (χ3n) is 4.40. The summed E-state index contributed by atoms with van der Waals surface area (Å²) in [6.45, 7) is 4.79. The molecule has 110 valence electrons. The Morgan fingerprint density at radius 3 is 2.90 bits per heavy atom. The van der Waals surface area contributed by atoms with E-state index in [0.29, 0.717) is 24.9 Å². The van der Waals surface area contributed by atoms with Crippen LogP contribution in [0.2, 0.25) is 0 Å². The van der Waals surface area contributed by atoms with Crippen LogP contribution in [0.1, 0.15) is 0 Å². The Bertz CT molecular complexity index is 453. The van der Waals surface area contributed by atoms with Gasteiger partial charge in [-0.3, -0.25) is 4.90 Å². The molecule has 1 aromatic carbocycles. The Morgan fingerprint density at radius 2 is 2.20 bits per heavy atom. The van der Waals surface area contributed by atoms with E-state index < -0.39 is 0 Å². The average Bonchev–Trinajstić information content (AvgIpc) is 2.98. The number of nitrogens with zero attached hydrogens (tertiary/aromatic N) is 1. The van der Waals surface area contributed by atoms with Gasteiger partial charge in [0.15, 0.2) is 0 Å². The van der Waals surface area contributed by atoms with Crippen molar-refractivity contribution in [2.45, 2.75) is 0 Å². The predicted octanol–water partition coefficient (Wildman–Crippen LogP) is 1.15. The van der Waals surface area contributed by atoms with Crippen LogP contribution in [-0.2, 0) is 4.74 Å². The van der Waals surface area contributed by atoms with Crippen LogP contribution in [0.15, 0.2) is 24.3 Å². The van der Waals surface area contributed by atoms with Crippen LogP contribution in [0.4, 0.5) is 4.39 Å². The van der Waals surface area contributed by atoms with Gasteiger partial charge >= 0.3 is 0 Å². The number of halogens is 1. The molecule has 3 rings (SSSR count). The van der Waals surface area contributed by atoms with Crippen molar-refractivity contribution in [3.8, 4) is 5.75 Å². The predicted molar refractivity (Wildman–Crippen MR) is 72.2 cm³/mol. The minimum atomic E-state index is -0.255. The van der Waals surface area contributed by atoms with Crippen LogP contribution in [0.5, 0.6) is 5.75 Å². The molecule has 1 aromatic rings. The van der Waals surface area contributed by atoms with Crippen molar-refractivity contribution >= 4 is 0 Å². The zero-order valence-corrected chi connectivity index (χ0v) is 11.4. The van der Waals surface area contributed by atoms with Crippen molar-refractivity contribution in [2.24, 2.45) is 11.3 Å². The number of benzene rings is 1. The summed E-state index contributed by atoms with van der Waals surface area (Å²) in [6, 6.07) is 6.07. The molecule has 0 aromatic heterocycles. The Kier molecular flexibility index (Phi) is 3.92. The fraction of sp³-hybridized carbons (Fsp3) is 0.600. The molecule has 4 nitrogen and oxygen atoms in total. The summed E-state index contributed by atoms with van der Waals surface area (Å²) in [5, 5.41) is 9.60. The highest BCUT2D eigenvalue weighted by atomic mass is 19.1. The van der Waals surface area contributed by atoms with Crippen LogP contribution in [0.25, 0.3) is 0 Å². The number of fused-ring (bicyclic) bond motifs is 1. The molecule has 0 saturated carbocycles. The van der Waals surface area contributed by atoms with E-state index >= 15 is 0 Å². The van der Waals surface area contributed by atoms with Crippen LogP contribution >= 0.6 is 0 Å². The van der Waals surface area contributed by atoms with Gasteiger partial charge in [-0.15, -0.1) is 0 Å². The van der Waals surface area contributed by atoms with Gasteiger partial charge in [-0.25, -0.2) is 4.39 Å². The average molecular weight is 281 g/mol. The third kappa shape index (κ3) is 2.66. The molecule has 2 aliphatic heterocycles. The Morgan fingerprint density at radius 1 is 1.40 bits per heavy atom. The van der Waals surface area contributed by atoms with Crippen molar-refractivity contribution in [3.05, 3.63) is 30.1 Å². The second-order valence-electron chi connectivity index (χ2n) is 5.77. The number of hydrogen-bond acceptors (Lipinski definition) is 4. The summed E-state index contributed by atoms with van der Waals surface area (Å²) < 4.78 is 23.9. The maximum Gasteiger partial charge on any atom is 0.123 e. The van der Waals surface area contributed by atoms with Gasteiger partial charge in [-0.1, -0.05) is 0 Å². The smallest absolute Gasteiger partial charge is 0.123 e. The maximum absolute atomic E-state index is 12.8. The highest BCUT2D eigenvalue weighted by Crippen LogP contribution is 2.40. The molecule has 1 N–H and O–H groups in total. The van der Waals surface area contributed by atoms with E-state index in [1.807, 2.05) is 0 Å². The maximum atomic E-state index is 12.8. The van der Waals surface area contributed by atoms with E-state index in [4.69, 9.17) is 9.47 Å². The molecule has 0 bridgehead atoms.